The first-order chi connectivity index (χ1) is 21.8. The first-order valence-corrected chi connectivity index (χ1v) is 14.3. The molecule has 1 unspecified atom stereocenters. The Kier molecular flexibility index (Phi) is 9.81. The van der Waals surface area contributed by atoms with Crippen LogP contribution in [0.3, 0.4) is 0 Å². The number of fused-ring (bicyclic) bond motifs is 1. The van der Waals surface area contributed by atoms with E-state index in [0.29, 0.717) is 21.3 Å². The van der Waals surface area contributed by atoms with Gasteiger partial charge in [-0.15, -0.1) is 5.06 Å². The van der Waals surface area contributed by atoms with Crippen molar-refractivity contribution in [2.45, 2.75) is 39.3 Å². The number of amides is 2. The average molecular weight is 615 g/mol. The molecule has 0 saturated carbocycles. The minimum Gasteiger partial charge on any atom is -0.618 e. The van der Waals surface area contributed by atoms with Gasteiger partial charge in [-0.25, -0.2) is 4.84 Å². The summed E-state index contributed by atoms with van der Waals surface area (Å²) < 4.78 is 29.0. The summed E-state index contributed by atoms with van der Waals surface area (Å²) in [5.41, 5.74) is 2.17. The molecule has 4 aromatic rings. The van der Waals surface area contributed by atoms with Gasteiger partial charge < -0.3 is 28.9 Å². The normalized spacial score (nSPS) is 13.1. The van der Waals surface area contributed by atoms with Crippen molar-refractivity contribution in [1.82, 2.24) is 5.06 Å². The van der Waals surface area contributed by atoms with E-state index in [1.807, 2.05) is 62.4 Å². The number of hydroxylamine groups is 2. The fourth-order valence-electron chi connectivity index (χ4n) is 4.58. The van der Waals surface area contributed by atoms with Gasteiger partial charge >= 0.3 is 0 Å². The van der Waals surface area contributed by atoms with E-state index in [2.05, 4.69) is 0 Å². The third-order valence-corrected chi connectivity index (χ3v) is 7.02. The second-order valence-corrected chi connectivity index (χ2v) is 10.5. The molecule has 5 rings (SSSR count). The number of ether oxygens (including phenoxy) is 5. The summed E-state index contributed by atoms with van der Waals surface area (Å²) in [5, 5.41) is 14.2. The zero-order valence-corrected chi connectivity index (χ0v) is 25.4. The van der Waals surface area contributed by atoms with Gasteiger partial charge in [0.15, 0.2) is 11.9 Å². The lowest BCUT2D eigenvalue weighted by Crippen LogP contribution is -2.40. The lowest BCUT2D eigenvalue weighted by atomic mass is 10.1. The lowest BCUT2D eigenvalue weighted by molar-refractivity contribution is -0.620. The van der Waals surface area contributed by atoms with Crippen LogP contribution < -0.4 is 23.7 Å². The summed E-state index contributed by atoms with van der Waals surface area (Å²) >= 11 is 0. The molecule has 234 valence electrons. The molecule has 0 fully saturated rings. The zero-order valence-electron chi connectivity index (χ0n) is 25.4. The van der Waals surface area contributed by atoms with Crippen LogP contribution in [0.25, 0.3) is 0 Å². The Morgan fingerprint density at radius 2 is 1.27 bits per heavy atom. The number of pyridine rings is 1. The Morgan fingerprint density at radius 1 is 0.756 bits per heavy atom. The number of imide groups is 1. The predicted octanol–water partition coefficient (Wildman–Crippen LogP) is 5.19. The second-order valence-electron chi connectivity index (χ2n) is 10.5. The molecule has 2 amide bonds. The number of methoxy groups -OCH3 is 2. The van der Waals surface area contributed by atoms with Crippen molar-refractivity contribution in [2.75, 3.05) is 20.8 Å². The molecule has 2 heterocycles. The van der Waals surface area contributed by atoms with E-state index in [-0.39, 0.29) is 54.2 Å². The van der Waals surface area contributed by atoms with Gasteiger partial charge in [0, 0.05) is 0 Å². The van der Waals surface area contributed by atoms with E-state index in [1.54, 1.807) is 38.5 Å². The molecule has 0 N–H and O–H groups in total. The van der Waals surface area contributed by atoms with Crippen LogP contribution in [-0.4, -0.2) is 43.8 Å². The monoisotopic (exact) mass is 614 g/mol. The van der Waals surface area contributed by atoms with Gasteiger partial charge in [-0.05, 0) is 61.4 Å². The molecule has 11 heteroatoms. The third-order valence-electron chi connectivity index (χ3n) is 7.02. The Bertz CT molecular complexity index is 1600. The topological polar surface area (TPSA) is 120 Å². The van der Waals surface area contributed by atoms with Gasteiger partial charge in [0.05, 0.1) is 44.1 Å². The maximum absolute atomic E-state index is 13.5. The molecular weight excluding hydrogens is 580 g/mol. The van der Waals surface area contributed by atoms with Crippen LogP contribution >= 0.6 is 0 Å². The molecule has 1 aromatic heterocycles. The van der Waals surface area contributed by atoms with Crippen molar-refractivity contribution < 1.29 is 42.8 Å². The number of carbonyl (C=O) groups is 2. The summed E-state index contributed by atoms with van der Waals surface area (Å²) in [7, 11) is 3.18. The number of benzene rings is 3. The molecule has 11 nitrogen and oxygen atoms in total. The molecular formula is C34H34N2O9. The standard InChI is InChI=1S/C34H34N2O9/c1-22(2)42-21-32(45-36-33(37)27-7-5-6-8-28(27)34(36)38)29-17-30(43-19-23-9-13-25(40-3)14-10-23)31(18-35(29)39)44-20-24-11-15-26(41-4)16-12-24/h5-18,22,32H,19-21H2,1-4H3. The maximum Gasteiger partial charge on any atom is 0.285 e. The van der Waals surface area contributed by atoms with Crippen LogP contribution in [-0.2, 0) is 22.8 Å². The van der Waals surface area contributed by atoms with E-state index in [0.717, 1.165) is 11.1 Å². The Balaban J connectivity index is 1.45. The minimum atomic E-state index is -1.15. The molecule has 45 heavy (non-hydrogen) atoms. The number of aromatic nitrogens is 1. The van der Waals surface area contributed by atoms with Gasteiger partial charge in [-0.1, -0.05) is 36.4 Å². The molecule has 1 aliphatic rings. The van der Waals surface area contributed by atoms with Crippen molar-refractivity contribution in [1.29, 1.82) is 0 Å². The molecule has 3 aromatic carbocycles. The molecule has 0 aliphatic carbocycles. The van der Waals surface area contributed by atoms with Gasteiger partial charge in [0.2, 0.25) is 17.6 Å². The van der Waals surface area contributed by atoms with E-state index in [1.165, 1.54) is 12.3 Å². The summed E-state index contributed by atoms with van der Waals surface area (Å²) in [4.78, 5) is 32.1. The van der Waals surface area contributed by atoms with E-state index >= 15 is 0 Å². The van der Waals surface area contributed by atoms with Crippen molar-refractivity contribution in [3.8, 4) is 23.0 Å². The number of carbonyl (C=O) groups excluding carboxylic acids is 2. The largest absolute Gasteiger partial charge is 0.618 e. The highest BCUT2D eigenvalue weighted by Gasteiger charge is 2.40. The van der Waals surface area contributed by atoms with Crippen molar-refractivity contribution >= 4 is 11.8 Å². The van der Waals surface area contributed by atoms with Crippen LogP contribution in [0, 0.1) is 5.21 Å². The third kappa shape index (κ3) is 7.34. The fourth-order valence-corrected chi connectivity index (χ4v) is 4.58. The smallest absolute Gasteiger partial charge is 0.285 e. The Labute approximate surface area is 261 Å². The summed E-state index contributed by atoms with van der Waals surface area (Å²) in [5.74, 6) is 0.590. The summed E-state index contributed by atoms with van der Waals surface area (Å²) in [6.07, 6.45) is -0.140. The van der Waals surface area contributed by atoms with Crippen LogP contribution in [0.2, 0.25) is 0 Å². The van der Waals surface area contributed by atoms with E-state index < -0.39 is 17.9 Å². The Morgan fingerprint density at radius 3 is 1.76 bits per heavy atom. The first kappa shape index (κ1) is 31.3. The zero-order chi connectivity index (χ0) is 31.9. The number of rotatable bonds is 14. The number of hydrogen-bond acceptors (Lipinski definition) is 9. The van der Waals surface area contributed by atoms with Gasteiger partial charge in [-0.3, -0.25) is 9.59 Å². The second kappa shape index (κ2) is 14.1. The van der Waals surface area contributed by atoms with Crippen LogP contribution in [0.5, 0.6) is 23.0 Å². The Hall–Kier alpha value is -5.13. The highest BCUT2D eigenvalue weighted by molar-refractivity contribution is 6.20. The number of nitrogens with zero attached hydrogens (tertiary/aromatic N) is 2. The summed E-state index contributed by atoms with van der Waals surface area (Å²) in [6, 6.07) is 22.6. The first-order valence-electron chi connectivity index (χ1n) is 14.3. The van der Waals surface area contributed by atoms with Crippen molar-refractivity contribution in [3.05, 3.63) is 118 Å². The van der Waals surface area contributed by atoms with Gasteiger partial charge in [0.1, 0.15) is 24.7 Å². The number of hydrogen-bond donors (Lipinski definition) is 0. The van der Waals surface area contributed by atoms with Crippen LogP contribution in [0.1, 0.15) is 57.5 Å². The van der Waals surface area contributed by atoms with Gasteiger partial charge in [0.25, 0.3) is 11.8 Å². The van der Waals surface area contributed by atoms with Crippen LogP contribution in [0.4, 0.5) is 0 Å². The SMILES string of the molecule is COc1ccc(COc2cc(C(COC(C)C)ON3C(=O)c4ccccc4C3=O)[n+]([O-])cc2OCc2ccc(OC)cc2)cc1. The molecule has 0 saturated heterocycles. The maximum atomic E-state index is 13.5. The lowest BCUT2D eigenvalue weighted by Gasteiger charge is -2.23. The summed E-state index contributed by atoms with van der Waals surface area (Å²) in [6.45, 7) is 3.82. The molecule has 1 aliphatic heterocycles. The molecule has 0 radical (unpaired) electrons. The molecule has 0 bridgehead atoms. The molecule has 1 atom stereocenters. The van der Waals surface area contributed by atoms with Crippen molar-refractivity contribution in [2.24, 2.45) is 0 Å². The highest BCUT2D eigenvalue weighted by Crippen LogP contribution is 2.33. The van der Waals surface area contributed by atoms with Gasteiger partial charge in [-0.2, -0.15) is 4.73 Å². The average Bonchev–Trinajstić information content (AvgIpc) is 3.30. The van der Waals surface area contributed by atoms with E-state index in [9.17, 15) is 14.8 Å². The van der Waals surface area contributed by atoms with E-state index in [4.69, 9.17) is 28.5 Å². The van der Waals surface area contributed by atoms with Crippen molar-refractivity contribution in [3.63, 3.8) is 0 Å². The highest BCUT2D eigenvalue weighted by atomic mass is 16.7. The predicted molar refractivity (Wildman–Crippen MR) is 162 cm³/mol. The fraction of sp³-hybridized carbons (Fsp3) is 0.265. The minimum absolute atomic E-state index is 0.0498. The quantitative estimate of drug-likeness (QED) is 0.107. The van der Waals surface area contributed by atoms with Crippen LogP contribution in [0.15, 0.2) is 85.1 Å². The molecule has 0 spiro atoms.